The molecule has 7 heteroatoms. The van der Waals surface area contributed by atoms with Crippen LogP contribution in [0.2, 0.25) is 5.02 Å². The molecule has 1 N–H and O–H groups in total. The summed E-state index contributed by atoms with van der Waals surface area (Å²) in [6.45, 7) is 2.71. The van der Waals surface area contributed by atoms with E-state index in [1.165, 1.54) is 19.6 Å². The molecule has 0 amide bonds. The highest BCUT2D eigenvalue weighted by molar-refractivity contribution is 6.31. The second-order valence-electron chi connectivity index (χ2n) is 3.99. The van der Waals surface area contributed by atoms with Gasteiger partial charge in [0.05, 0.1) is 29.7 Å². The minimum atomic E-state index is -0.960. The second kappa shape index (κ2) is 5.99. The smallest absolute Gasteiger partial charge is 0.216 e. The number of aromatic nitrogens is 4. The number of aliphatic hydroxyl groups is 1. The molecule has 0 aliphatic carbocycles. The highest BCUT2D eigenvalue weighted by Gasteiger charge is 2.21. The number of rotatable bonds is 5. The Balaban J connectivity index is 2.37. The molecule has 2 heterocycles. The molecule has 0 fully saturated rings. The summed E-state index contributed by atoms with van der Waals surface area (Å²) in [4.78, 5) is 7.95. The fourth-order valence-corrected chi connectivity index (χ4v) is 2.03. The molecule has 2 aromatic rings. The Bertz CT molecular complexity index is 558. The average Bonchev–Trinajstić information content (AvgIpc) is 2.79. The van der Waals surface area contributed by atoms with Gasteiger partial charge in [-0.25, -0.2) is 9.97 Å². The summed E-state index contributed by atoms with van der Waals surface area (Å²) in [7, 11) is 1.51. The van der Waals surface area contributed by atoms with Gasteiger partial charge in [-0.1, -0.05) is 18.5 Å². The van der Waals surface area contributed by atoms with Crippen LogP contribution in [0.25, 0.3) is 0 Å². The summed E-state index contributed by atoms with van der Waals surface area (Å²) in [5, 5.41) is 15.0. The third-order valence-corrected chi connectivity index (χ3v) is 2.97. The molecule has 0 aliphatic rings. The molecule has 0 radical (unpaired) electrons. The zero-order chi connectivity index (χ0) is 13.8. The molecule has 0 aliphatic heterocycles. The quantitative estimate of drug-likeness (QED) is 0.906. The molecule has 2 rings (SSSR count). The predicted molar refractivity (Wildman–Crippen MR) is 70.2 cm³/mol. The molecule has 0 aromatic carbocycles. The fourth-order valence-electron chi connectivity index (χ4n) is 1.79. The number of methoxy groups -OCH3 is 1. The normalized spacial score (nSPS) is 12.4. The molecule has 2 aromatic heterocycles. The lowest BCUT2D eigenvalue weighted by Crippen LogP contribution is -2.12. The zero-order valence-electron chi connectivity index (χ0n) is 10.7. The standard InChI is InChI=1S/C12H15ClN4O2/c1-3-4-17-11(8(13)6-16-17)12(18)9-5-10(19-2)15-7-14-9/h5-7,12,18H,3-4H2,1-2H3. The van der Waals surface area contributed by atoms with Gasteiger partial charge in [0, 0.05) is 12.6 Å². The van der Waals surface area contributed by atoms with Crippen LogP contribution in [-0.2, 0) is 6.54 Å². The van der Waals surface area contributed by atoms with Crippen LogP contribution in [0.1, 0.15) is 30.8 Å². The van der Waals surface area contributed by atoms with Crippen molar-refractivity contribution in [3.8, 4) is 5.88 Å². The van der Waals surface area contributed by atoms with E-state index in [9.17, 15) is 5.11 Å². The van der Waals surface area contributed by atoms with Crippen LogP contribution >= 0.6 is 11.6 Å². The number of hydrogen-bond donors (Lipinski definition) is 1. The maximum absolute atomic E-state index is 10.4. The Morgan fingerprint density at radius 3 is 2.95 bits per heavy atom. The van der Waals surface area contributed by atoms with E-state index in [-0.39, 0.29) is 0 Å². The molecular formula is C12H15ClN4O2. The summed E-state index contributed by atoms with van der Waals surface area (Å²) in [6.07, 6.45) is 2.80. The third kappa shape index (κ3) is 2.85. The van der Waals surface area contributed by atoms with E-state index in [0.717, 1.165) is 6.42 Å². The first kappa shape index (κ1) is 13.8. The van der Waals surface area contributed by atoms with E-state index in [1.54, 1.807) is 10.7 Å². The molecule has 0 saturated heterocycles. The number of nitrogens with zero attached hydrogens (tertiary/aromatic N) is 4. The van der Waals surface area contributed by atoms with Crippen molar-refractivity contribution in [3.63, 3.8) is 0 Å². The van der Waals surface area contributed by atoms with Crippen molar-refractivity contribution in [2.75, 3.05) is 7.11 Å². The van der Waals surface area contributed by atoms with Crippen LogP contribution in [0.3, 0.4) is 0 Å². The van der Waals surface area contributed by atoms with Gasteiger partial charge < -0.3 is 9.84 Å². The van der Waals surface area contributed by atoms with E-state index < -0.39 is 6.10 Å². The van der Waals surface area contributed by atoms with Gasteiger partial charge in [0.25, 0.3) is 0 Å². The Kier molecular flexibility index (Phi) is 4.34. The SMILES string of the molecule is CCCn1ncc(Cl)c1C(O)c1cc(OC)ncn1. The zero-order valence-corrected chi connectivity index (χ0v) is 11.5. The number of aliphatic hydroxyl groups excluding tert-OH is 1. The van der Waals surface area contributed by atoms with E-state index in [2.05, 4.69) is 15.1 Å². The molecule has 19 heavy (non-hydrogen) atoms. The highest BCUT2D eigenvalue weighted by atomic mass is 35.5. The Labute approximate surface area is 116 Å². The van der Waals surface area contributed by atoms with Crippen molar-refractivity contribution in [2.24, 2.45) is 0 Å². The van der Waals surface area contributed by atoms with Crippen molar-refractivity contribution in [2.45, 2.75) is 26.0 Å². The summed E-state index contributed by atoms with van der Waals surface area (Å²) < 4.78 is 6.69. The maximum atomic E-state index is 10.4. The highest BCUT2D eigenvalue weighted by Crippen LogP contribution is 2.28. The maximum Gasteiger partial charge on any atom is 0.216 e. The van der Waals surface area contributed by atoms with Crippen molar-refractivity contribution in [3.05, 3.63) is 35.0 Å². The van der Waals surface area contributed by atoms with Crippen LogP contribution in [-0.4, -0.2) is 32.0 Å². The Morgan fingerprint density at radius 1 is 1.47 bits per heavy atom. The molecule has 1 unspecified atom stereocenters. The van der Waals surface area contributed by atoms with Crippen molar-refractivity contribution in [1.29, 1.82) is 0 Å². The van der Waals surface area contributed by atoms with Gasteiger partial charge in [0.1, 0.15) is 12.4 Å². The lowest BCUT2D eigenvalue weighted by Gasteiger charge is -2.13. The molecule has 6 nitrogen and oxygen atoms in total. The van der Waals surface area contributed by atoms with Gasteiger partial charge in [-0.05, 0) is 6.42 Å². The van der Waals surface area contributed by atoms with Gasteiger partial charge in [-0.2, -0.15) is 5.10 Å². The van der Waals surface area contributed by atoms with Crippen LogP contribution in [0, 0.1) is 0 Å². The number of hydrogen-bond acceptors (Lipinski definition) is 5. The molecule has 0 saturated carbocycles. The van der Waals surface area contributed by atoms with E-state index >= 15 is 0 Å². The first-order chi connectivity index (χ1) is 9.17. The summed E-state index contributed by atoms with van der Waals surface area (Å²) in [5.74, 6) is 0.390. The van der Waals surface area contributed by atoms with Crippen LogP contribution in [0.5, 0.6) is 5.88 Å². The Hall–Kier alpha value is -1.66. The van der Waals surface area contributed by atoms with Gasteiger partial charge >= 0.3 is 0 Å². The van der Waals surface area contributed by atoms with Crippen molar-refractivity contribution < 1.29 is 9.84 Å². The largest absolute Gasteiger partial charge is 0.481 e. The number of ether oxygens (including phenoxy) is 1. The summed E-state index contributed by atoms with van der Waals surface area (Å²) >= 11 is 6.08. The van der Waals surface area contributed by atoms with Crippen LogP contribution < -0.4 is 4.74 Å². The first-order valence-corrected chi connectivity index (χ1v) is 6.30. The minimum absolute atomic E-state index is 0.390. The average molecular weight is 283 g/mol. The van der Waals surface area contributed by atoms with E-state index in [4.69, 9.17) is 16.3 Å². The van der Waals surface area contributed by atoms with Crippen LogP contribution in [0.15, 0.2) is 18.6 Å². The predicted octanol–water partition coefficient (Wildman–Crippen LogP) is 1.83. The Morgan fingerprint density at radius 2 is 2.26 bits per heavy atom. The lowest BCUT2D eigenvalue weighted by molar-refractivity contribution is 0.201. The number of halogens is 1. The lowest BCUT2D eigenvalue weighted by atomic mass is 10.2. The molecule has 0 bridgehead atoms. The van der Waals surface area contributed by atoms with Crippen molar-refractivity contribution >= 4 is 11.6 Å². The number of aryl methyl sites for hydroxylation is 1. The molecule has 0 spiro atoms. The topological polar surface area (TPSA) is 73.1 Å². The first-order valence-electron chi connectivity index (χ1n) is 5.92. The van der Waals surface area contributed by atoms with Gasteiger partial charge in [0.2, 0.25) is 5.88 Å². The van der Waals surface area contributed by atoms with Gasteiger partial charge in [-0.3, -0.25) is 4.68 Å². The monoisotopic (exact) mass is 282 g/mol. The van der Waals surface area contributed by atoms with E-state index in [1.807, 2.05) is 6.92 Å². The fraction of sp³-hybridized carbons (Fsp3) is 0.417. The summed E-state index contributed by atoms with van der Waals surface area (Å²) in [5.41, 5.74) is 0.955. The minimum Gasteiger partial charge on any atom is -0.481 e. The summed E-state index contributed by atoms with van der Waals surface area (Å²) in [6, 6.07) is 1.57. The van der Waals surface area contributed by atoms with Crippen LogP contribution in [0.4, 0.5) is 0 Å². The molecular weight excluding hydrogens is 268 g/mol. The third-order valence-electron chi connectivity index (χ3n) is 2.68. The van der Waals surface area contributed by atoms with Gasteiger partial charge in [-0.15, -0.1) is 0 Å². The van der Waals surface area contributed by atoms with Crippen molar-refractivity contribution in [1.82, 2.24) is 19.7 Å². The molecule has 1 atom stereocenters. The van der Waals surface area contributed by atoms with E-state index in [0.29, 0.717) is 28.8 Å². The molecule has 102 valence electrons. The van der Waals surface area contributed by atoms with Gasteiger partial charge in [0.15, 0.2) is 0 Å². The second-order valence-corrected chi connectivity index (χ2v) is 4.40.